The van der Waals surface area contributed by atoms with E-state index < -0.39 is 0 Å². The first kappa shape index (κ1) is 20.4. The maximum Gasteiger partial charge on any atom is 0.115 e. The zero-order chi connectivity index (χ0) is 22.3. The fraction of sp³-hybridized carbons (Fsp3) is 0.300. The summed E-state index contributed by atoms with van der Waals surface area (Å²) in [6.45, 7) is 3.27. The number of hydrogen-bond donors (Lipinski definition) is 1. The summed E-state index contributed by atoms with van der Waals surface area (Å²) in [4.78, 5) is 7.77. The third-order valence-electron chi connectivity index (χ3n) is 7.96. The van der Waals surface area contributed by atoms with Crippen LogP contribution in [0.5, 0.6) is 5.75 Å². The summed E-state index contributed by atoms with van der Waals surface area (Å²) in [5.74, 6) is 0.878. The van der Waals surface area contributed by atoms with Crippen molar-refractivity contribution in [3.8, 4) is 5.75 Å². The summed E-state index contributed by atoms with van der Waals surface area (Å²) < 4.78 is 0. The van der Waals surface area contributed by atoms with Gasteiger partial charge >= 0.3 is 0 Å². The largest absolute Gasteiger partial charge is 0.508 e. The molecule has 2 aliphatic rings. The molecule has 4 aromatic rings. The smallest absolute Gasteiger partial charge is 0.115 e. The summed E-state index contributed by atoms with van der Waals surface area (Å²) in [5, 5.41) is 11.5. The Hall–Kier alpha value is -3.17. The van der Waals surface area contributed by atoms with Gasteiger partial charge in [-0.05, 0) is 72.7 Å². The molecule has 166 valence electrons. The fourth-order valence-electron chi connectivity index (χ4n) is 6.16. The predicted octanol–water partition coefficient (Wildman–Crippen LogP) is 5.54. The molecule has 1 aromatic heterocycles. The van der Waals surface area contributed by atoms with Crippen LogP contribution in [-0.2, 0) is 24.7 Å². The van der Waals surface area contributed by atoms with Gasteiger partial charge in [0.1, 0.15) is 5.75 Å². The number of rotatable bonds is 4. The Labute approximate surface area is 195 Å². The number of para-hydroxylation sites is 1. The zero-order valence-corrected chi connectivity index (χ0v) is 19.0. The van der Waals surface area contributed by atoms with Crippen LogP contribution in [0.3, 0.4) is 0 Å². The van der Waals surface area contributed by atoms with Gasteiger partial charge in [0.05, 0.1) is 5.52 Å². The molecule has 0 saturated carbocycles. The van der Waals surface area contributed by atoms with Crippen molar-refractivity contribution in [3.63, 3.8) is 0 Å². The van der Waals surface area contributed by atoms with E-state index >= 15 is 0 Å². The van der Waals surface area contributed by atoms with E-state index in [1.165, 1.54) is 27.8 Å². The van der Waals surface area contributed by atoms with Crippen LogP contribution >= 0.6 is 0 Å². The van der Waals surface area contributed by atoms with Crippen LogP contribution in [0, 0.1) is 5.92 Å². The molecule has 33 heavy (non-hydrogen) atoms. The highest BCUT2D eigenvalue weighted by atomic mass is 16.3. The maximum atomic E-state index is 10.3. The molecule has 0 unspecified atom stereocenters. The molecule has 2 atom stereocenters. The van der Waals surface area contributed by atoms with Gasteiger partial charge in [-0.15, -0.1) is 0 Å². The molecule has 1 N–H and O–H groups in total. The molecule has 2 heterocycles. The van der Waals surface area contributed by atoms with Crippen LogP contribution in [0.2, 0.25) is 0 Å². The quantitative estimate of drug-likeness (QED) is 0.458. The molecule has 1 aliphatic carbocycles. The third-order valence-corrected chi connectivity index (χ3v) is 7.96. The number of phenols is 1. The lowest BCUT2D eigenvalue weighted by molar-refractivity contribution is 0.0816. The van der Waals surface area contributed by atoms with Crippen molar-refractivity contribution in [3.05, 3.63) is 107 Å². The highest BCUT2D eigenvalue weighted by molar-refractivity contribution is 5.79. The van der Waals surface area contributed by atoms with E-state index in [1.807, 2.05) is 12.1 Å². The normalized spacial score (nSPS) is 22.6. The van der Waals surface area contributed by atoms with Crippen LogP contribution < -0.4 is 0 Å². The van der Waals surface area contributed by atoms with Crippen molar-refractivity contribution < 1.29 is 5.11 Å². The molecule has 1 fully saturated rings. The molecule has 1 saturated heterocycles. The SMILES string of the molecule is Oc1cccc([C@@]23CCN(CCc4ccccc4)C[C@@H]2Cc2cc4ccccc4nc2C3)c1. The van der Waals surface area contributed by atoms with E-state index in [4.69, 9.17) is 4.98 Å². The van der Waals surface area contributed by atoms with Gasteiger partial charge in [-0.3, -0.25) is 4.98 Å². The molecule has 6 rings (SSSR count). The summed E-state index contributed by atoms with van der Waals surface area (Å²) in [6.07, 6.45) is 4.19. The Morgan fingerprint density at radius 3 is 2.67 bits per heavy atom. The third kappa shape index (κ3) is 3.81. The minimum absolute atomic E-state index is 0.0322. The Morgan fingerprint density at radius 1 is 0.939 bits per heavy atom. The average molecular weight is 435 g/mol. The van der Waals surface area contributed by atoms with E-state index in [0.717, 1.165) is 50.8 Å². The highest BCUT2D eigenvalue weighted by Crippen LogP contribution is 2.48. The molecule has 3 aromatic carbocycles. The molecule has 1 aliphatic heterocycles. The van der Waals surface area contributed by atoms with Crippen LogP contribution in [0.1, 0.15) is 28.8 Å². The lowest BCUT2D eigenvalue weighted by Gasteiger charge is -2.51. The first-order chi connectivity index (χ1) is 16.2. The standard InChI is InChI=1S/C30H30N2O/c33-27-11-6-10-25(19-27)30-14-16-32(15-13-22-7-2-1-3-8-22)21-26(30)18-24-17-23-9-4-5-12-28(23)31-29(24)20-30/h1-12,17,19,26,33H,13-16,18,20-21H2/t26-,30-/m0/s1. The first-order valence-corrected chi connectivity index (χ1v) is 12.1. The van der Waals surface area contributed by atoms with Crippen molar-refractivity contribution in [2.24, 2.45) is 5.92 Å². The number of benzene rings is 3. The Morgan fingerprint density at radius 2 is 1.79 bits per heavy atom. The van der Waals surface area contributed by atoms with Crippen molar-refractivity contribution in [1.29, 1.82) is 0 Å². The average Bonchev–Trinajstić information content (AvgIpc) is 2.85. The van der Waals surface area contributed by atoms with Crippen LogP contribution in [0.4, 0.5) is 0 Å². The second-order valence-electron chi connectivity index (χ2n) is 9.86. The van der Waals surface area contributed by atoms with E-state index in [9.17, 15) is 5.11 Å². The molecule has 0 spiro atoms. The second-order valence-corrected chi connectivity index (χ2v) is 9.86. The van der Waals surface area contributed by atoms with E-state index in [0.29, 0.717) is 11.7 Å². The number of likely N-dealkylation sites (tertiary alicyclic amines) is 1. The summed E-state index contributed by atoms with van der Waals surface area (Å²) in [6, 6.07) is 29.7. The van der Waals surface area contributed by atoms with Gasteiger partial charge in [0, 0.05) is 36.0 Å². The number of nitrogens with zero attached hydrogens (tertiary/aromatic N) is 2. The van der Waals surface area contributed by atoms with Crippen LogP contribution in [0.25, 0.3) is 10.9 Å². The molecule has 0 amide bonds. The molecule has 3 heteroatoms. The monoisotopic (exact) mass is 434 g/mol. The van der Waals surface area contributed by atoms with Crippen molar-refractivity contribution in [2.45, 2.75) is 31.1 Å². The van der Waals surface area contributed by atoms with Crippen molar-refractivity contribution in [1.82, 2.24) is 9.88 Å². The van der Waals surface area contributed by atoms with Gasteiger partial charge in [0.25, 0.3) is 0 Å². The van der Waals surface area contributed by atoms with E-state index in [2.05, 4.69) is 71.6 Å². The summed E-state index contributed by atoms with van der Waals surface area (Å²) in [7, 11) is 0. The molecule has 0 bridgehead atoms. The lowest BCUT2D eigenvalue weighted by Crippen LogP contribution is -2.54. The minimum Gasteiger partial charge on any atom is -0.508 e. The Bertz CT molecular complexity index is 1280. The molecular weight excluding hydrogens is 404 g/mol. The van der Waals surface area contributed by atoms with Gasteiger partial charge in [0.2, 0.25) is 0 Å². The molecule has 3 nitrogen and oxygen atoms in total. The number of aromatic hydroxyl groups is 1. The maximum absolute atomic E-state index is 10.3. The number of phenolic OH excluding ortho intramolecular Hbond substituents is 1. The molecule has 0 radical (unpaired) electrons. The fourth-order valence-corrected chi connectivity index (χ4v) is 6.16. The number of hydrogen-bond acceptors (Lipinski definition) is 3. The zero-order valence-electron chi connectivity index (χ0n) is 19.0. The number of aromatic nitrogens is 1. The second kappa shape index (κ2) is 8.31. The van der Waals surface area contributed by atoms with Crippen LogP contribution in [-0.4, -0.2) is 34.6 Å². The minimum atomic E-state index is 0.0322. The van der Waals surface area contributed by atoms with Crippen molar-refractivity contribution in [2.75, 3.05) is 19.6 Å². The summed E-state index contributed by atoms with van der Waals surface area (Å²) >= 11 is 0. The highest BCUT2D eigenvalue weighted by Gasteiger charge is 2.47. The van der Waals surface area contributed by atoms with Gasteiger partial charge in [0.15, 0.2) is 0 Å². The van der Waals surface area contributed by atoms with E-state index in [-0.39, 0.29) is 5.41 Å². The van der Waals surface area contributed by atoms with Crippen molar-refractivity contribution >= 4 is 10.9 Å². The molecular formula is C30H30N2O. The van der Waals surface area contributed by atoms with Gasteiger partial charge < -0.3 is 10.0 Å². The number of fused-ring (bicyclic) bond motifs is 3. The Kier molecular flexibility index (Phi) is 5.15. The van der Waals surface area contributed by atoms with Gasteiger partial charge in [-0.25, -0.2) is 0 Å². The van der Waals surface area contributed by atoms with E-state index in [1.54, 1.807) is 6.07 Å². The Balaban J connectivity index is 1.34. The number of piperidine rings is 1. The number of pyridine rings is 1. The summed E-state index contributed by atoms with van der Waals surface area (Å²) in [5.41, 5.74) is 6.44. The lowest BCUT2D eigenvalue weighted by atomic mass is 9.58. The topological polar surface area (TPSA) is 36.4 Å². The first-order valence-electron chi connectivity index (χ1n) is 12.1. The van der Waals surface area contributed by atoms with Gasteiger partial charge in [-0.1, -0.05) is 60.7 Å². The van der Waals surface area contributed by atoms with Gasteiger partial charge in [-0.2, -0.15) is 0 Å². The predicted molar refractivity (Wildman–Crippen MR) is 134 cm³/mol. The van der Waals surface area contributed by atoms with Crippen LogP contribution in [0.15, 0.2) is 84.9 Å².